The van der Waals surface area contributed by atoms with Gasteiger partial charge in [-0.25, -0.2) is 0 Å². The number of aryl methyl sites for hydroxylation is 1. The van der Waals surface area contributed by atoms with Gasteiger partial charge in [0.15, 0.2) is 0 Å². The molecule has 0 saturated carbocycles. The number of nitrogens with one attached hydrogen (secondary N) is 1. The van der Waals surface area contributed by atoms with Crippen molar-refractivity contribution in [3.05, 3.63) is 15.8 Å². The fourth-order valence-electron chi connectivity index (χ4n) is 1.12. The number of carbonyl (C=O) groups is 1. The summed E-state index contributed by atoms with van der Waals surface area (Å²) in [6.45, 7) is 4.18. The lowest BCUT2D eigenvalue weighted by atomic mass is 10.3. The zero-order valence-corrected chi connectivity index (χ0v) is 11.0. The first-order valence-corrected chi connectivity index (χ1v) is 7.34. The van der Waals surface area contributed by atoms with E-state index in [0.29, 0.717) is 28.6 Å². The largest absolute Gasteiger partial charge is 0.398 e. The second-order valence-electron chi connectivity index (χ2n) is 3.31. The second kappa shape index (κ2) is 6.00. The summed E-state index contributed by atoms with van der Waals surface area (Å²) < 4.78 is 11.1. The zero-order valence-electron chi connectivity index (χ0n) is 9.41. The third kappa shape index (κ3) is 3.61. The molecule has 0 fully saturated rings. The van der Waals surface area contributed by atoms with Crippen molar-refractivity contribution in [2.45, 2.75) is 13.8 Å². The Bertz CT molecular complexity index is 382. The van der Waals surface area contributed by atoms with Crippen LogP contribution >= 0.6 is 11.3 Å². The molecular weight excluding hydrogens is 244 g/mol. The van der Waals surface area contributed by atoms with E-state index in [4.69, 9.17) is 5.73 Å². The summed E-state index contributed by atoms with van der Waals surface area (Å²) >= 11 is 1.37. The molecule has 0 saturated heterocycles. The Morgan fingerprint density at radius 2 is 2.31 bits per heavy atom. The maximum Gasteiger partial charge on any atom is 0.261 e. The molecule has 1 unspecified atom stereocenters. The van der Waals surface area contributed by atoms with Crippen molar-refractivity contribution < 1.29 is 9.00 Å². The minimum Gasteiger partial charge on any atom is -0.398 e. The molecule has 4 nitrogen and oxygen atoms in total. The molecule has 1 aromatic rings. The lowest BCUT2D eigenvalue weighted by molar-refractivity contribution is 0.0960. The van der Waals surface area contributed by atoms with Crippen LogP contribution in [0.15, 0.2) is 6.07 Å². The van der Waals surface area contributed by atoms with Gasteiger partial charge in [0.25, 0.3) is 5.91 Å². The third-order valence-electron chi connectivity index (χ3n) is 2.12. The highest BCUT2D eigenvalue weighted by Crippen LogP contribution is 2.22. The summed E-state index contributed by atoms with van der Waals surface area (Å²) in [6, 6.07) is 1.67. The van der Waals surface area contributed by atoms with Gasteiger partial charge in [-0.05, 0) is 13.0 Å². The molecule has 90 valence electrons. The molecule has 0 aliphatic rings. The van der Waals surface area contributed by atoms with Crippen molar-refractivity contribution >= 4 is 33.7 Å². The van der Waals surface area contributed by atoms with Gasteiger partial charge in [-0.3, -0.25) is 9.00 Å². The molecule has 1 amide bonds. The van der Waals surface area contributed by atoms with Crippen molar-refractivity contribution in [1.82, 2.24) is 5.32 Å². The van der Waals surface area contributed by atoms with Gasteiger partial charge < -0.3 is 11.1 Å². The van der Waals surface area contributed by atoms with E-state index < -0.39 is 10.8 Å². The van der Waals surface area contributed by atoms with Gasteiger partial charge in [-0.1, -0.05) is 6.92 Å². The highest BCUT2D eigenvalue weighted by atomic mass is 32.2. The van der Waals surface area contributed by atoms with Crippen LogP contribution in [0.2, 0.25) is 0 Å². The number of nitrogens with two attached hydrogens (primary N) is 1. The Morgan fingerprint density at radius 1 is 1.62 bits per heavy atom. The van der Waals surface area contributed by atoms with E-state index in [1.54, 1.807) is 6.07 Å². The topological polar surface area (TPSA) is 72.2 Å². The van der Waals surface area contributed by atoms with Crippen molar-refractivity contribution in [3.8, 4) is 0 Å². The molecular formula is C10H16N2O2S2. The van der Waals surface area contributed by atoms with E-state index in [0.717, 1.165) is 4.88 Å². The van der Waals surface area contributed by atoms with Crippen LogP contribution in [0.1, 0.15) is 21.5 Å². The molecule has 1 atom stereocenters. The Labute approximate surface area is 102 Å². The Balaban J connectivity index is 2.44. The monoisotopic (exact) mass is 260 g/mol. The lowest BCUT2D eigenvalue weighted by Crippen LogP contribution is -2.27. The molecule has 16 heavy (non-hydrogen) atoms. The average molecular weight is 260 g/mol. The predicted octanol–water partition coefficient (Wildman–Crippen LogP) is 1.14. The van der Waals surface area contributed by atoms with E-state index in [2.05, 4.69) is 5.32 Å². The maximum absolute atomic E-state index is 11.6. The number of carbonyl (C=O) groups excluding carboxylic acids is 1. The number of anilines is 1. The van der Waals surface area contributed by atoms with Gasteiger partial charge in [-0.2, -0.15) is 0 Å². The van der Waals surface area contributed by atoms with Crippen LogP contribution in [0, 0.1) is 6.92 Å². The van der Waals surface area contributed by atoms with Gasteiger partial charge in [0.05, 0.1) is 4.88 Å². The fourth-order valence-corrected chi connectivity index (χ4v) is 2.59. The Hall–Kier alpha value is -0.880. The van der Waals surface area contributed by atoms with E-state index in [9.17, 15) is 9.00 Å². The molecule has 3 N–H and O–H groups in total. The van der Waals surface area contributed by atoms with Gasteiger partial charge >= 0.3 is 0 Å². The van der Waals surface area contributed by atoms with Gasteiger partial charge in [0.1, 0.15) is 0 Å². The van der Waals surface area contributed by atoms with Crippen LogP contribution < -0.4 is 11.1 Å². The SMILES string of the molecule is CCS(=O)CCNC(=O)c1cc(N)c(C)s1. The predicted molar refractivity (Wildman–Crippen MR) is 69.4 cm³/mol. The minimum absolute atomic E-state index is 0.141. The molecule has 0 radical (unpaired) electrons. The van der Waals surface area contributed by atoms with Crippen LogP contribution in [0.25, 0.3) is 0 Å². The molecule has 6 heteroatoms. The van der Waals surface area contributed by atoms with E-state index in [-0.39, 0.29) is 5.91 Å². The zero-order chi connectivity index (χ0) is 12.1. The van der Waals surface area contributed by atoms with E-state index in [1.807, 2.05) is 13.8 Å². The van der Waals surface area contributed by atoms with E-state index in [1.165, 1.54) is 11.3 Å². The summed E-state index contributed by atoms with van der Waals surface area (Å²) in [7, 11) is -0.835. The van der Waals surface area contributed by atoms with Crippen molar-refractivity contribution in [2.75, 3.05) is 23.8 Å². The molecule has 0 spiro atoms. The molecule has 0 aliphatic heterocycles. The average Bonchev–Trinajstić information content (AvgIpc) is 2.59. The number of hydrogen-bond donors (Lipinski definition) is 2. The standard InChI is InChI=1S/C10H16N2O2S2/c1-3-16(14)5-4-12-10(13)9-6-8(11)7(2)15-9/h6H,3-5,11H2,1-2H3,(H,12,13). The maximum atomic E-state index is 11.6. The smallest absolute Gasteiger partial charge is 0.261 e. The first kappa shape index (κ1) is 13.2. The van der Waals surface area contributed by atoms with Gasteiger partial charge in [0.2, 0.25) is 0 Å². The summed E-state index contributed by atoms with van der Waals surface area (Å²) in [5, 5.41) is 2.73. The Morgan fingerprint density at radius 3 is 2.81 bits per heavy atom. The van der Waals surface area contributed by atoms with Gasteiger partial charge in [-0.15, -0.1) is 11.3 Å². The number of rotatable bonds is 5. The summed E-state index contributed by atoms with van der Waals surface area (Å²) in [5.74, 6) is 0.987. The third-order valence-corrected chi connectivity index (χ3v) is 4.49. The number of hydrogen-bond acceptors (Lipinski definition) is 4. The minimum atomic E-state index is -0.835. The fraction of sp³-hybridized carbons (Fsp3) is 0.500. The number of amides is 1. The summed E-state index contributed by atoms with van der Waals surface area (Å²) in [4.78, 5) is 13.2. The molecule has 1 heterocycles. The highest BCUT2D eigenvalue weighted by Gasteiger charge is 2.10. The van der Waals surface area contributed by atoms with Gasteiger partial charge in [0, 0.05) is 39.4 Å². The first-order valence-electron chi connectivity index (χ1n) is 5.03. The van der Waals surface area contributed by atoms with Crippen LogP contribution in [-0.4, -0.2) is 28.2 Å². The quantitative estimate of drug-likeness (QED) is 0.834. The van der Waals surface area contributed by atoms with E-state index >= 15 is 0 Å². The lowest BCUT2D eigenvalue weighted by Gasteiger charge is -2.02. The Kier molecular flexibility index (Phi) is 4.95. The normalized spacial score (nSPS) is 12.4. The molecule has 1 aromatic heterocycles. The molecule has 1 rings (SSSR count). The first-order chi connectivity index (χ1) is 7.54. The molecule has 0 bridgehead atoms. The van der Waals surface area contributed by atoms with Crippen LogP contribution in [0.3, 0.4) is 0 Å². The number of nitrogen functional groups attached to an aromatic ring is 1. The van der Waals surface area contributed by atoms with Crippen LogP contribution in [-0.2, 0) is 10.8 Å². The molecule has 0 aromatic carbocycles. The van der Waals surface area contributed by atoms with Crippen LogP contribution in [0.4, 0.5) is 5.69 Å². The number of thiophene rings is 1. The molecule has 0 aliphatic carbocycles. The van der Waals surface area contributed by atoms with Crippen molar-refractivity contribution in [3.63, 3.8) is 0 Å². The van der Waals surface area contributed by atoms with Crippen LogP contribution in [0.5, 0.6) is 0 Å². The van der Waals surface area contributed by atoms with Crippen molar-refractivity contribution in [2.24, 2.45) is 0 Å². The second-order valence-corrected chi connectivity index (χ2v) is 6.43. The highest BCUT2D eigenvalue weighted by molar-refractivity contribution is 7.84. The van der Waals surface area contributed by atoms with Crippen molar-refractivity contribution in [1.29, 1.82) is 0 Å². The summed E-state index contributed by atoms with van der Waals surface area (Å²) in [5.41, 5.74) is 6.30. The summed E-state index contributed by atoms with van der Waals surface area (Å²) in [6.07, 6.45) is 0.